The molecule has 0 aromatic heterocycles. The minimum Gasteiger partial charge on any atom is -0.378 e. The van der Waals surface area contributed by atoms with Gasteiger partial charge in [-0.3, -0.25) is 9.59 Å². The highest BCUT2D eigenvalue weighted by Gasteiger charge is 2.22. The number of hydrogen-bond acceptors (Lipinski definition) is 3. The summed E-state index contributed by atoms with van der Waals surface area (Å²) >= 11 is 3.37. The van der Waals surface area contributed by atoms with E-state index in [1.807, 2.05) is 6.07 Å². The number of anilines is 1. The predicted octanol–water partition coefficient (Wildman–Crippen LogP) is 3.17. The molecule has 2 aromatic rings. The van der Waals surface area contributed by atoms with Gasteiger partial charge in [0.25, 0.3) is 11.8 Å². The van der Waals surface area contributed by atoms with Crippen LogP contribution in [0.2, 0.25) is 0 Å². The Hall–Kier alpha value is -2.18. The largest absolute Gasteiger partial charge is 0.378 e. The zero-order valence-electron chi connectivity index (χ0n) is 13.0. The lowest BCUT2D eigenvalue weighted by molar-refractivity contribution is 0.0303. The molecule has 2 aromatic carbocycles. The lowest BCUT2D eigenvalue weighted by Crippen LogP contribution is -2.41. The van der Waals surface area contributed by atoms with Gasteiger partial charge in [-0.25, -0.2) is 0 Å². The van der Waals surface area contributed by atoms with Crippen molar-refractivity contribution in [1.82, 2.24) is 4.90 Å². The van der Waals surface area contributed by atoms with Crippen molar-refractivity contribution < 1.29 is 14.3 Å². The summed E-state index contributed by atoms with van der Waals surface area (Å²) in [5.41, 5.74) is 1.51. The molecule has 0 bridgehead atoms. The fraction of sp³-hybridized carbons (Fsp3) is 0.222. The average molecular weight is 389 g/mol. The summed E-state index contributed by atoms with van der Waals surface area (Å²) in [6.45, 7) is 2.20. The topological polar surface area (TPSA) is 58.6 Å². The van der Waals surface area contributed by atoms with Crippen molar-refractivity contribution in [2.45, 2.75) is 0 Å². The van der Waals surface area contributed by atoms with Crippen LogP contribution in [0.15, 0.2) is 53.0 Å². The van der Waals surface area contributed by atoms with Gasteiger partial charge >= 0.3 is 0 Å². The highest BCUT2D eigenvalue weighted by Crippen LogP contribution is 2.21. The molecule has 6 heteroatoms. The van der Waals surface area contributed by atoms with Crippen molar-refractivity contribution >= 4 is 33.4 Å². The summed E-state index contributed by atoms with van der Waals surface area (Å²) in [4.78, 5) is 27.0. The first kappa shape index (κ1) is 16.7. The minimum absolute atomic E-state index is 0.0960. The number of morpholine rings is 1. The van der Waals surface area contributed by atoms with E-state index in [-0.39, 0.29) is 11.8 Å². The molecule has 124 valence electrons. The smallest absolute Gasteiger partial charge is 0.256 e. The molecule has 1 heterocycles. The van der Waals surface area contributed by atoms with E-state index >= 15 is 0 Å². The molecule has 24 heavy (non-hydrogen) atoms. The van der Waals surface area contributed by atoms with Crippen LogP contribution in [0.1, 0.15) is 20.7 Å². The van der Waals surface area contributed by atoms with Crippen LogP contribution < -0.4 is 5.32 Å². The molecule has 5 nitrogen and oxygen atoms in total. The maximum Gasteiger partial charge on any atom is 0.256 e. The maximum absolute atomic E-state index is 12.7. The summed E-state index contributed by atoms with van der Waals surface area (Å²) in [7, 11) is 0. The van der Waals surface area contributed by atoms with E-state index < -0.39 is 0 Å². The number of nitrogens with one attached hydrogen (secondary N) is 1. The number of halogens is 1. The molecule has 0 atom stereocenters. The van der Waals surface area contributed by atoms with Crippen molar-refractivity contribution in [1.29, 1.82) is 0 Å². The normalized spacial score (nSPS) is 14.3. The van der Waals surface area contributed by atoms with Crippen LogP contribution in [0.4, 0.5) is 5.69 Å². The monoisotopic (exact) mass is 388 g/mol. The van der Waals surface area contributed by atoms with Gasteiger partial charge in [0.1, 0.15) is 0 Å². The lowest BCUT2D eigenvalue weighted by Gasteiger charge is -2.27. The van der Waals surface area contributed by atoms with E-state index in [1.54, 1.807) is 47.4 Å². The third-order valence-electron chi connectivity index (χ3n) is 3.82. The summed E-state index contributed by atoms with van der Waals surface area (Å²) in [5, 5.41) is 2.84. The van der Waals surface area contributed by atoms with Gasteiger partial charge in [-0.05, 0) is 40.2 Å². The molecule has 0 radical (unpaired) electrons. The Balaban J connectivity index is 1.83. The van der Waals surface area contributed by atoms with Gasteiger partial charge in [0.15, 0.2) is 0 Å². The van der Waals surface area contributed by atoms with Crippen LogP contribution in [0.5, 0.6) is 0 Å². The summed E-state index contributed by atoms with van der Waals surface area (Å²) in [6.07, 6.45) is 0. The fourth-order valence-corrected chi connectivity index (χ4v) is 3.02. The van der Waals surface area contributed by atoms with Gasteiger partial charge in [-0.2, -0.15) is 0 Å². The van der Waals surface area contributed by atoms with E-state index in [0.717, 1.165) is 0 Å². The number of hydrogen-bond donors (Lipinski definition) is 1. The van der Waals surface area contributed by atoms with Crippen molar-refractivity contribution in [3.8, 4) is 0 Å². The van der Waals surface area contributed by atoms with Gasteiger partial charge in [-0.1, -0.05) is 24.3 Å². The minimum atomic E-state index is -0.260. The molecule has 0 unspecified atom stereocenters. The Labute approximate surface area is 148 Å². The third kappa shape index (κ3) is 3.66. The van der Waals surface area contributed by atoms with E-state index in [2.05, 4.69) is 21.2 Å². The van der Waals surface area contributed by atoms with E-state index in [9.17, 15) is 9.59 Å². The summed E-state index contributed by atoms with van der Waals surface area (Å²) in [6, 6.07) is 14.2. The number of carbonyl (C=O) groups excluding carboxylic acids is 2. The van der Waals surface area contributed by atoms with Crippen LogP contribution in [0.3, 0.4) is 0 Å². The molecular weight excluding hydrogens is 372 g/mol. The van der Waals surface area contributed by atoms with Crippen molar-refractivity contribution in [2.75, 3.05) is 31.6 Å². The Morgan fingerprint density at radius 3 is 2.29 bits per heavy atom. The third-order valence-corrected chi connectivity index (χ3v) is 4.51. The van der Waals surface area contributed by atoms with E-state index in [1.165, 1.54) is 0 Å². The number of carbonyl (C=O) groups is 2. The zero-order valence-corrected chi connectivity index (χ0v) is 14.6. The van der Waals surface area contributed by atoms with Crippen molar-refractivity contribution in [3.05, 3.63) is 64.1 Å². The van der Waals surface area contributed by atoms with Crippen LogP contribution >= 0.6 is 15.9 Å². The highest BCUT2D eigenvalue weighted by atomic mass is 79.9. The second-order valence-electron chi connectivity index (χ2n) is 5.38. The Kier molecular flexibility index (Phi) is 5.27. The van der Waals surface area contributed by atoms with E-state index in [0.29, 0.717) is 47.6 Å². The van der Waals surface area contributed by atoms with E-state index in [4.69, 9.17) is 4.74 Å². The average Bonchev–Trinajstić information content (AvgIpc) is 2.62. The van der Waals surface area contributed by atoms with Gasteiger partial charge < -0.3 is 15.0 Å². The van der Waals surface area contributed by atoms with Crippen LogP contribution in [0.25, 0.3) is 0 Å². The van der Waals surface area contributed by atoms with Crippen LogP contribution in [-0.2, 0) is 4.74 Å². The molecule has 3 rings (SSSR count). The van der Waals surface area contributed by atoms with Crippen molar-refractivity contribution in [2.24, 2.45) is 0 Å². The first-order valence-corrected chi connectivity index (χ1v) is 8.48. The first-order valence-electron chi connectivity index (χ1n) is 7.69. The first-order chi connectivity index (χ1) is 11.7. The number of amides is 2. The number of ether oxygens (including phenoxy) is 1. The number of rotatable bonds is 3. The Morgan fingerprint density at radius 2 is 1.58 bits per heavy atom. The molecule has 1 N–H and O–H groups in total. The van der Waals surface area contributed by atoms with Gasteiger partial charge in [0.05, 0.1) is 30.0 Å². The maximum atomic E-state index is 12.7. The van der Waals surface area contributed by atoms with Crippen LogP contribution in [0, 0.1) is 0 Å². The lowest BCUT2D eigenvalue weighted by atomic mass is 10.1. The SMILES string of the molecule is O=C(Nc1ccccc1C(=O)N1CCOCC1)c1ccccc1Br. The summed E-state index contributed by atoms with van der Waals surface area (Å²) in [5.74, 6) is -0.356. The fourth-order valence-electron chi connectivity index (χ4n) is 2.55. The Bertz CT molecular complexity index is 757. The molecule has 0 saturated carbocycles. The zero-order chi connectivity index (χ0) is 16.9. The quantitative estimate of drug-likeness (QED) is 0.878. The van der Waals surface area contributed by atoms with Gasteiger partial charge in [0, 0.05) is 17.6 Å². The number of benzene rings is 2. The molecule has 0 aliphatic carbocycles. The molecular formula is C18H17BrN2O3. The van der Waals surface area contributed by atoms with Gasteiger partial charge in [-0.15, -0.1) is 0 Å². The number of para-hydroxylation sites is 1. The molecule has 2 amide bonds. The molecule has 1 saturated heterocycles. The summed E-state index contributed by atoms with van der Waals surface area (Å²) < 4.78 is 5.99. The molecule has 1 aliphatic rings. The molecule has 1 fully saturated rings. The molecule has 0 spiro atoms. The second-order valence-corrected chi connectivity index (χ2v) is 6.24. The van der Waals surface area contributed by atoms with Crippen LogP contribution in [-0.4, -0.2) is 43.0 Å². The number of nitrogens with zero attached hydrogens (tertiary/aromatic N) is 1. The molecule has 1 aliphatic heterocycles. The Morgan fingerprint density at radius 1 is 0.958 bits per heavy atom. The van der Waals surface area contributed by atoms with Crippen molar-refractivity contribution in [3.63, 3.8) is 0 Å². The van der Waals surface area contributed by atoms with Gasteiger partial charge in [0.2, 0.25) is 0 Å². The highest BCUT2D eigenvalue weighted by molar-refractivity contribution is 9.10. The second kappa shape index (κ2) is 7.59. The predicted molar refractivity (Wildman–Crippen MR) is 95.3 cm³/mol. The standard InChI is InChI=1S/C18H17BrN2O3/c19-15-7-3-1-5-13(15)17(22)20-16-8-4-2-6-14(16)18(23)21-9-11-24-12-10-21/h1-8H,9-12H2,(H,20,22).